The highest BCUT2D eigenvalue weighted by molar-refractivity contribution is 6.12. The summed E-state index contributed by atoms with van der Waals surface area (Å²) in [6.07, 6.45) is 2.93. The Balaban J connectivity index is 2.04. The van der Waals surface area contributed by atoms with Crippen LogP contribution in [-0.4, -0.2) is 18.4 Å². The molecule has 2 amide bonds. The monoisotopic (exact) mass is 314 g/mol. The van der Waals surface area contributed by atoms with E-state index in [0.717, 1.165) is 0 Å². The lowest BCUT2D eigenvalue weighted by atomic mass is 10.2. The van der Waals surface area contributed by atoms with Crippen molar-refractivity contribution >= 4 is 29.3 Å². The van der Waals surface area contributed by atoms with E-state index in [9.17, 15) is 9.59 Å². The molecule has 5 N–H and O–H groups in total. The number of amides is 2. The Morgan fingerprint density at radius 2 is 2.17 bits per heavy atom. The second-order valence-electron chi connectivity index (χ2n) is 4.81. The standard InChI is InChI=1S/C15H14N4O4/c16-9-3-4-12-11(6-9)19(8-14(20)18-17)15(21)13(23-12)7-10-2-1-5-22-10/h1-7H,8,16-17H2,(H,18,20)/b13-7+. The number of benzene rings is 1. The van der Waals surface area contributed by atoms with Gasteiger partial charge in [0.1, 0.15) is 12.3 Å². The lowest BCUT2D eigenvalue weighted by Crippen LogP contribution is -2.45. The van der Waals surface area contributed by atoms with Crippen molar-refractivity contribution in [3.8, 4) is 5.75 Å². The number of nitrogens with one attached hydrogen (secondary N) is 1. The van der Waals surface area contributed by atoms with Crippen molar-refractivity contribution in [2.75, 3.05) is 17.2 Å². The second-order valence-corrected chi connectivity index (χ2v) is 4.81. The average molecular weight is 314 g/mol. The quantitative estimate of drug-likeness (QED) is 0.251. The fraction of sp³-hybridized carbons (Fsp3) is 0.0667. The molecule has 0 unspecified atom stereocenters. The number of ether oxygens (including phenoxy) is 1. The summed E-state index contributed by atoms with van der Waals surface area (Å²) < 4.78 is 10.8. The smallest absolute Gasteiger partial charge is 0.294 e. The summed E-state index contributed by atoms with van der Waals surface area (Å²) in [5.74, 6) is 4.97. The normalized spacial score (nSPS) is 15.3. The number of fused-ring (bicyclic) bond motifs is 1. The molecule has 3 rings (SSSR count). The topological polar surface area (TPSA) is 124 Å². The van der Waals surface area contributed by atoms with Crippen molar-refractivity contribution in [3.63, 3.8) is 0 Å². The zero-order chi connectivity index (χ0) is 16.4. The molecular weight excluding hydrogens is 300 g/mol. The van der Waals surface area contributed by atoms with Crippen LogP contribution in [0.5, 0.6) is 5.75 Å². The van der Waals surface area contributed by atoms with Crippen LogP contribution in [0, 0.1) is 0 Å². The number of furan rings is 1. The van der Waals surface area contributed by atoms with Crippen LogP contribution < -0.4 is 26.6 Å². The third kappa shape index (κ3) is 2.87. The van der Waals surface area contributed by atoms with Crippen LogP contribution in [0.15, 0.2) is 46.8 Å². The number of nitrogens with zero attached hydrogens (tertiary/aromatic N) is 1. The number of carbonyl (C=O) groups is 2. The van der Waals surface area contributed by atoms with E-state index in [1.54, 1.807) is 30.3 Å². The summed E-state index contributed by atoms with van der Waals surface area (Å²) in [7, 11) is 0. The van der Waals surface area contributed by atoms with E-state index in [1.807, 2.05) is 5.43 Å². The number of hydrazine groups is 1. The Hall–Kier alpha value is -3.26. The predicted octanol–water partition coefficient (Wildman–Crippen LogP) is 0.618. The molecule has 0 atom stereocenters. The predicted molar refractivity (Wildman–Crippen MR) is 82.9 cm³/mol. The summed E-state index contributed by atoms with van der Waals surface area (Å²) in [6, 6.07) is 8.19. The van der Waals surface area contributed by atoms with Crippen molar-refractivity contribution in [2.45, 2.75) is 0 Å². The average Bonchev–Trinajstić information content (AvgIpc) is 3.04. The van der Waals surface area contributed by atoms with Gasteiger partial charge in [0.25, 0.3) is 11.8 Å². The molecule has 2 aromatic rings. The van der Waals surface area contributed by atoms with Gasteiger partial charge in [0.15, 0.2) is 11.5 Å². The minimum Gasteiger partial charge on any atom is -0.465 e. The van der Waals surface area contributed by atoms with E-state index >= 15 is 0 Å². The highest BCUT2D eigenvalue weighted by Crippen LogP contribution is 2.37. The minimum absolute atomic E-state index is 0.0297. The van der Waals surface area contributed by atoms with Crippen molar-refractivity contribution in [1.29, 1.82) is 0 Å². The number of anilines is 2. The molecule has 1 aromatic carbocycles. The Kier molecular flexibility index (Phi) is 3.73. The molecule has 2 heterocycles. The molecule has 0 radical (unpaired) electrons. The summed E-state index contributed by atoms with van der Waals surface area (Å²) in [4.78, 5) is 25.5. The summed E-state index contributed by atoms with van der Waals surface area (Å²) >= 11 is 0. The molecule has 0 bridgehead atoms. The highest BCUT2D eigenvalue weighted by Gasteiger charge is 2.32. The molecular formula is C15H14N4O4. The van der Waals surface area contributed by atoms with Gasteiger partial charge in [0, 0.05) is 11.8 Å². The molecule has 0 saturated carbocycles. The summed E-state index contributed by atoms with van der Waals surface area (Å²) in [6.45, 7) is -0.259. The van der Waals surface area contributed by atoms with Gasteiger partial charge >= 0.3 is 0 Å². The van der Waals surface area contributed by atoms with Crippen LogP contribution >= 0.6 is 0 Å². The summed E-state index contributed by atoms with van der Waals surface area (Å²) in [5.41, 5.74) is 8.58. The van der Waals surface area contributed by atoms with Crippen LogP contribution in [0.3, 0.4) is 0 Å². The van der Waals surface area contributed by atoms with Crippen molar-refractivity contribution in [3.05, 3.63) is 48.1 Å². The lowest BCUT2D eigenvalue weighted by molar-refractivity contribution is -0.123. The van der Waals surface area contributed by atoms with Crippen LogP contribution in [0.25, 0.3) is 6.08 Å². The Labute approximate surface area is 131 Å². The van der Waals surface area contributed by atoms with Crippen molar-refractivity contribution in [1.82, 2.24) is 5.43 Å². The van der Waals surface area contributed by atoms with E-state index in [1.165, 1.54) is 17.2 Å². The second kappa shape index (κ2) is 5.85. The maximum Gasteiger partial charge on any atom is 0.294 e. The van der Waals surface area contributed by atoms with Gasteiger partial charge in [-0.2, -0.15) is 0 Å². The lowest BCUT2D eigenvalue weighted by Gasteiger charge is -2.30. The fourth-order valence-electron chi connectivity index (χ4n) is 2.18. The first kappa shape index (κ1) is 14.7. The number of nitrogens with two attached hydrogens (primary N) is 2. The summed E-state index contributed by atoms with van der Waals surface area (Å²) in [5, 5.41) is 0. The molecule has 8 heteroatoms. The zero-order valence-corrected chi connectivity index (χ0v) is 12.0. The van der Waals surface area contributed by atoms with E-state index in [4.69, 9.17) is 20.7 Å². The van der Waals surface area contributed by atoms with Crippen LogP contribution in [0.2, 0.25) is 0 Å². The third-order valence-corrected chi connectivity index (χ3v) is 3.23. The van der Waals surface area contributed by atoms with Gasteiger partial charge in [-0.1, -0.05) is 0 Å². The Bertz CT molecular complexity index is 783. The molecule has 23 heavy (non-hydrogen) atoms. The Morgan fingerprint density at radius 3 is 2.87 bits per heavy atom. The first-order chi connectivity index (χ1) is 11.1. The van der Waals surface area contributed by atoms with E-state index < -0.39 is 11.8 Å². The van der Waals surface area contributed by atoms with Gasteiger partial charge in [-0.3, -0.25) is 19.9 Å². The maximum absolute atomic E-state index is 12.6. The van der Waals surface area contributed by atoms with Gasteiger partial charge in [-0.15, -0.1) is 0 Å². The van der Waals surface area contributed by atoms with Gasteiger partial charge in [-0.05, 0) is 30.3 Å². The molecule has 8 nitrogen and oxygen atoms in total. The first-order valence-electron chi connectivity index (χ1n) is 6.72. The zero-order valence-electron chi connectivity index (χ0n) is 12.0. The van der Waals surface area contributed by atoms with Gasteiger partial charge in [-0.25, -0.2) is 5.84 Å². The molecule has 0 saturated heterocycles. The number of hydrogen-bond donors (Lipinski definition) is 3. The van der Waals surface area contributed by atoms with E-state index in [0.29, 0.717) is 22.9 Å². The third-order valence-electron chi connectivity index (χ3n) is 3.23. The minimum atomic E-state index is -0.522. The number of nitrogen functional groups attached to an aromatic ring is 1. The van der Waals surface area contributed by atoms with Crippen LogP contribution in [0.1, 0.15) is 5.76 Å². The van der Waals surface area contributed by atoms with E-state index in [-0.39, 0.29) is 12.3 Å². The molecule has 1 aliphatic rings. The molecule has 118 valence electrons. The number of carbonyl (C=O) groups excluding carboxylic acids is 2. The fourth-order valence-corrected chi connectivity index (χ4v) is 2.18. The van der Waals surface area contributed by atoms with Gasteiger partial charge < -0.3 is 14.9 Å². The van der Waals surface area contributed by atoms with Crippen LogP contribution in [0.4, 0.5) is 11.4 Å². The highest BCUT2D eigenvalue weighted by atomic mass is 16.5. The number of hydrogen-bond acceptors (Lipinski definition) is 6. The van der Waals surface area contributed by atoms with Crippen molar-refractivity contribution < 1.29 is 18.7 Å². The molecule has 0 spiro atoms. The molecule has 1 aliphatic heterocycles. The van der Waals surface area contributed by atoms with Crippen molar-refractivity contribution in [2.24, 2.45) is 5.84 Å². The Morgan fingerprint density at radius 1 is 1.35 bits per heavy atom. The SMILES string of the molecule is NNC(=O)CN1C(=O)/C(=C\c2ccco2)Oc2ccc(N)cc21. The van der Waals surface area contributed by atoms with Gasteiger partial charge in [0.2, 0.25) is 0 Å². The molecule has 0 aliphatic carbocycles. The maximum atomic E-state index is 12.6. The molecule has 0 fully saturated rings. The van der Waals surface area contributed by atoms with Gasteiger partial charge in [0.05, 0.1) is 12.0 Å². The van der Waals surface area contributed by atoms with E-state index in [2.05, 4.69) is 0 Å². The largest absolute Gasteiger partial charge is 0.465 e. The number of rotatable bonds is 3. The van der Waals surface area contributed by atoms with Crippen LogP contribution in [-0.2, 0) is 9.59 Å². The molecule has 1 aromatic heterocycles. The first-order valence-corrected chi connectivity index (χ1v) is 6.72.